The molecule has 0 aromatic rings. The second kappa shape index (κ2) is 7.41. The fourth-order valence-corrected chi connectivity index (χ4v) is 2.36. The molecule has 0 bridgehead atoms. The Kier molecular flexibility index (Phi) is 5.51. The molecule has 1 fully saturated rings. The number of unbranched alkanes of at least 4 members (excludes halogenated alkanes) is 1. The summed E-state index contributed by atoms with van der Waals surface area (Å²) in [6.07, 6.45) is 3.74. The molecule has 1 atom stereocenters. The molecule has 0 saturated carbocycles. The van der Waals surface area contributed by atoms with Crippen molar-refractivity contribution in [2.75, 3.05) is 19.3 Å². The van der Waals surface area contributed by atoms with Crippen LogP contribution in [0.3, 0.4) is 0 Å². The summed E-state index contributed by atoms with van der Waals surface area (Å²) in [6.45, 7) is 1.08. The first-order valence-electron chi connectivity index (χ1n) is 6.73. The van der Waals surface area contributed by atoms with Gasteiger partial charge in [0, 0.05) is 27.3 Å². The van der Waals surface area contributed by atoms with E-state index in [-0.39, 0.29) is 42.4 Å². The van der Waals surface area contributed by atoms with Gasteiger partial charge in [0.05, 0.1) is 5.25 Å². The molecular formula is C12H20N2O3S. The third-order valence-electron chi connectivity index (χ3n) is 2.80. The van der Waals surface area contributed by atoms with Gasteiger partial charge in [-0.25, -0.2) is 0 Å². The van der Waals surface area contributed by atoms with E-state index in [0.29, 0.717) is 13.4 Å². The maximum Gasteiger partial charge on any atom is 0.242 e. The lowest BCUT2D eigenvalue weighted by Crippen LogP contribution is -2.35. The molecule has 0 radical (unpaired) electrons. The van der Waals surface area contributed by atoms with Crippen molar-refractivity contribution < 1.29 is 15.8 Å². The fourth-order valence-electron chi connectivity index (χ4n) is 1.73. The van der Waals surface area contributed by atoms with Crippen LogP contribution in [0.4, 0.5) is 0 Å². The lowest BCUT2D eigenvalue weighted by Gasteiger charge is -2.14. The Balaban J connectivity index is 2.26. The van der Waals surface area contributed by atoms with E-state index in [9.17, 15) is 14.4 Å². The van der Waals surface area contributed by atoms with Crippen LogP contribution >= 0.6 is 11.8 Å². The zero-order valence-corrected chi connectivity index (χ0v) is 11.4. The summed E-state index contributed by atoms with van der Waals surface area (Å²) < 4.78 is 6.97. The molecule has 0 aliphatic carbocycles. The van der Waals surface area contributed by atoms with Crippen LogP contribution in [0, 0.1) is 0 Å². The van der Waals surface area contributed by atoms with Gasteiger partial charge in [0.2, 0.25) is 17.7 Å². The second-order valence-corrected chi connectivity index (χ2v) is 5.16. The number of rotatable bonds is 7. The summed E-state index contributed by atoms with van der Waals surface area (Å²) >= 11 is 1.37. The molecule has 102 valence electrons. The molecule has 5 nitrogen and oxygen atoms in total. The van der Waals surface area contributed by atoms with Gasteiger partial charge >= 0.3 is 0 Å². The SMILES string of the molecule is [2H]CCCCNC(=O)CCN1C(=O)CC(SC)C1=O. The Hall–Kier alpha value is -1.04. The monoisotopic (exact) mass is 273 g/mol. The maximum absolute atomic E-state index is 11.8. The van der Waals surface area contributed by atoms with Crippen molar-refractivity contribution in [3.63, 3.8) is 0 Å². The molecule has 0 aromatic carbocycles. The summed E-state index contributed by atoms with van der Waals surface area (Å²) in [5, 5.41) is 2.43. The third kappa shape index (κ3) is 4.01. The molecule has 3 amide bonds. The Bertz CT molecular complexity index is 352. The summed E-state index contributed by atoms with van der Waals surface area (Å²) in [6, 6.07) is 0. The highest BCUT2D eigenvalue weighted by atomic mass is 32.2. The molecule has 1 unspecified atom stereocenters. The predicted molar refractivity (Wildman–Crippen MR) is 71.2 cm³/mol. The van der Waals surface area contributed by atoms with Gasteiger partial charge in [-0.15, -0.1) is 0 Å². The molecule has 18 heavy (non-hydrogen) atoms. The molecule has 0 spiro atoms. The van der Waals surface area contributed by atoms with Gasteiger partial charge in [-0.05, 0) is 12.7 Å². The van der Waals surface area contributed by atoms with Crippen molar-refractivity contribution in [1.82, 2.24) is 10.2 Å². The van der Waals surface area contributed by atoms with Crippen molar-refractivity contribution in [2.45, 2.75) is 37.8 Å². The quantitative estimate of drug-likeness (QED) is 0.550. The van der Waals surface area contributed by atoms with Crippen LogP contribution in [-0.2, 0) is 14.4 Å². The van der Waals surface area contributed by atoms with E-state index in [1.54, 1.807) is 6.26 Å². The molecular weight excluding hydrogens is 252 g/mol. The molecule has 1 saturated heterocycles. The zero-order valence-electron chi connectivity index (χ0n) is 11.6. The minimum Gasteiger partial charge on any atom is -0.356 e. The first-order valence-corrected chi connectivity index (χ1v) is 7.32. The Labute approximate surface area is 113 Å². The van der Waals surface area contributed by atoms with E-state index in [4.69, 9.17) is 1.37 Å². The van der Waals surface area contributed by atoms with E-state index >= 15 is 0 Å². The minimum atomic E-state index is -0.285. The fraction of sp³-hybridized carbons (Fsp3) is 0.750. The van der Waals surface area contributed by atoms with E-state index in [1.165, 1.54) is 16.7 Å². The van der Waals surface area contributed by atoms with Crippen molar-refractivity contribution in [3.8, 4) is 0 Å². The number of thioether (sulfide) groups is 1. The number of nitrogens with zero attached hydrogens (tertiary/aromatic N) is 1. The van der Waals surface area contributed by atoms with Gasteiger partial charge in [0.25, 0.3) is 0 Å². The number of likely N-dealkylation sites (tertiary alicyclic amines) is 1. The van der Waals surface area contributed by atoms with Crippen LogP contribution in [0.5, 0.6) is 0 Å². The second-order valence-electron chi connectivity index (χ2n) is 4.12. The van der Waals surface area contributed by atoms with Crippen LogP contribution in [-0.4, -0.2) is 47.2 Å². The lowest BCUT2D eigenvalue weighted by molar-refractivity contribution is -0.138. The predicted octanol–water partition coefficient (Wildman–Crippen LogP) is 0.783. The van der Waals surface area contributed by atoms with Gasteiger partial charge in [-0.3, -0.25) is 19.3 Å². The first kappa shape index (κ1) is 13.4. The standard InChI is InChI=1S/C12H20N2O3S/c1-3-4-6-13-10(15)5-7-14-11(16)8-9(18-2)12(14)17/h9H,3-8H2,1-2H3,(H,13,15)/i1D. The third-order valence-corrected chi connectivity index (χ3v) is 3.74. The van der Waals surface area contributed by atoms with Crippen LogP contribution < -0.4 is 5.32 Å². The summed E-state index contributed by atoms with van der Waals surface area (Å²) in [5.74, 6) is -0.524. The van der Waals surface area contributed by atoms with Gasteiger partial charge in [0.15, 0.2) is 0 Å². The van der Waals surface area contributed by atoms with Gasteiger partial charge < -0.3 is 5.32 Å². The van der Waals surface area contributed by atoms with Crippen LogP contribution in [0.1, 0.15) is 34.0 Å². The molecule has 1 rings (SSSR count). The zero-order chi connectivity index (χ0) is 14.3. The highest BCUT2D eigenvalue weighted by Gasteiger charge is 2.37. The first-order chi connectivity index (χ1) is 9.10. The van der Waals surface area contributed by atoms with Gasteiger partial charge in [0.1, 0.15) is 0 Å². The Morgan fingerprint density at radius 1 is 1.61 bits per heavy atom. The number of imide groups is 1. The van der Waals surface area contributed by atoms with Crippen molar-refractivity contribution in [2.24, 2.45) is 0 Å². The Morgan fingerprint density at radius 2 is 2.39 bits per heavy atom. The molecule has 6 heteroatoms. The minimum absolute atomic E-state index is 0.152. The van der Waals surface area contributed by atoms with Crippen LogP contribution in [0.25, 0.3) is 0 Å². The lowest BCUT2D eigenvalue weighted by atomic mass is 10.3. The average molecular weight is 273 g/mol. The summed E-state index contributed by atoms with van der Waals surface area (Å²) in [5.41, 5.74) is 0. The largest absolute Gasteiger partial charge is 0.356 e. The summed E-state index contributed by atoms with van der Waals surface area (Å²) in [7, 11) is 0. The van der Waals surface area contributed by atoms with E-state index in [1.807, 2.05) is 0 Å². The number of amides is 3. The van der Waals surface area contributed by atoms with Gasteiger partial charge in [-0.1, -0.05) is 13.3 Å². The normalized spacial score (nSPS) is 20.2. The number of nitrogens with one attached hydrogen (secondary N) is 1. The smallest absolute Gasteiger partial charge is 0.242 e. The van der Waals surface area contributed by atoms with E-state index < -0.39 is 0 Å². The summed E-state index contributed by atoms with van der Waals surface area (Å²) in [4.78, 5) is 36.1. The number of carbonyl (C=O) groups is 3. The van der Waals surface area contributed by atoms with Crippen molar-refractivity contribution in [3.05, 3.63) is 0 Å². The highest BCUT2D eigenvalue weighted by molar-refractivity contribution is 8.00. The number of hydrogen-bond donors (Lipinski definition) is 1. The van der Waals surface area contributed by atoms with Crippen LogP contribution in [0.15, 0.2) is 0 Å². The molecule has 1 aliphatic heterocycles. The Morgan fingerprint density at radius 3 is 3.00 bits per heavy atom. The maximum atomic E-state index is 11.8. The van der Waals surface area contributed by atoms with Crippen molar-refractivity contribution >= 4 is 29.5 Å². The number of hydrogen-bond acceptors (Lipinski definition) is 4. The van der Waals surface area contributed by atoms with E-state index in [2.05, 4.69) is 5.32 Å². The molecule has 0 aromatic heterocycles. The van der Waals surface area contributed by atoms with Crippen LogP contribution in [0.2, 0.25) is 0 Å². The molecule has 1 heterocycles. The number of carbonyl (C=O) groups excluding carboxylic acids is 3. The van der Waals surface area contributed by atoms with Crippen molar-refractivity contribution in [1.29, 1.82) is 0 Å². The molecule has 1 N–H and O–H groups in total. The van der Waals surface area contributed by atoms with E-state index in [0.717, 1.165) is 12.8 Å². The van der Waals surface area contributed by atoms with Gasteiger partial charge in [-0.2, -0.15) is 11.8 Å². The highest BCUT2D eigenvalue weighted by Crippen LogP contribution is 2.22. The average Bonchev–Trinajstić information content (AvgIpc) is 2.67. The molecule has 1 aliphatic rings. The topological polar surface area (TPSA) is 66.5 Å².